The second-order valence-corrected chi connectivity index (χ2v) is 13.5. The zero-order valence-electron chi connectivity index (χ0n) is 32.7. The van der Waals surface area contributed by atoms with Crippen molar-refractivity contribution in [2.24, 2.45) is 0 Å². The molecule has 49 heavy (non-hydrogen) atoms. The van der Waals surface area contributed by atoms with Crippen LogP contribution in [0.15, 0.2) is 24.3 Å². The third kappa shape index (κ3) is 37.7. The maximum atomic E-state index is 11.8. The molecule has 0 atom stereocenters. The lowest BCUT2D eigenvalue weighted by molar-refractivity contribution is -0.147. The van der Waals surface area contributed by atoms with Gasteiger partial charge in [0.05, 0.1) is 19.8 Å². The van der Waals surface area contributed by atoms with E-state index in [1.807, 2.05) is 0 Å². The van der Waals surface area contributed by atoms with Crippen molar-refractivity contribution in [3.63, 3.8) is 0 Å². The van der Waals surface area contributed by atoms with Gasteiger partial charge in [-0.25, -0.2) is 4.79 Å². The van der Waals surface area contributed by atoms with E-state index in [-0.39, 0.29) is 12.9 Å². The van der Waals surface area contributed by atoms with Gasteiger partial charge in [0, 0.05) is 19.8 Å². The molecule has 0 aromatic carbocycles. The van der Waals surface area contributed by atoms with Gasteiger partial charge < -0.3 is 29.0 Å². The summed E-state index contributed by atoms with van der Waals surface area (Å²) < 4.78 is 22.8. The molecule has 0 aliphatic carbocycles. The Labute approximate surface area is 303 Å². The second-order valence-electron chi connectivity index (χ2n) is 13.5. The summed E-state index contributed by atoms with van der Waals surface area (Å²) in [5.41, 5.74) is 0. The van der Waals surface area contributed by atoms with Crippen molar-refractivity contribution in [3.05, 3.63) is 24.3 Å². The first kappa shape index (κ1) is 47.6. The van der Waals surface area contributed by atoms with E-state index in [1.165, 1.54) is 70.6 Å². The number of unbranched alkanes of at least 4 members (excludes halogenated alkanes) is 17. The zero-order valence-corrected chi connectivity index (χ0v) is 32.7. The third-order valence-electron chi connectivity index (χ3n) is 8.83. The molecule has 0 fully saturated rings. The fourth-order valence-electron chi connectivity index (χ4n) is 5.80. The Bertz CT molecular complexity index is 691. The quantitative estimate of drug-likeness (QED) is 0.0297. The number of ether oxygens (including phenoxy) is 4. The minimum atomic E-state index is -0.530. The summed E-state index contributed by atoms with van der Waals surface area (Å²) in [6.45, 7) is 12.0. The van der Waals surface area contributed by atoms with Crippen molar-refractivity contribution in [1.29, 1.82) is 0 Å². The predicted molar refractivity (Wildman–Crippen MR) is 207 cm³/mol. The molecular formula is C42H81NO6. The van der Waals surface area contributed by atoms with E-state index in [2.05, 4.69) is 50.0 Å². The average Bonchev–Trinajstić information content (AvgIpc) is 3.10. The molecule has 0 spiro atoms. The number of hydrogen-bond donors (Lipinski definition) is 1. The summed E-state index contributed by atoms with van der Waals surface area (Å²) in [6.07, 6.45) is 37.0. The minimum Gasteiger partial charge on any atom is -0.434 e. The van der Waals surface area contributed by atoms with Crippen LogP contribution in [-0.2, 0) is 18.9 Å². The van der Waals surface area contributed by atoms with Crippen LogP contribution in [0.2, 0.25) is 0 Å². The zero-order chi connectivity index (χ0) is 35.7. The van der Waals surface area contributed by atoms with Gasteiger partial charge in [-0.15, -0.1) is 0 Å². The lowest BCUT2D eigenvalue weighted by atomic mass is 10.1. The van der Waals surface area contributed by atoms with Gasteiger partial charge in [0.1, 0.15) is 0 Å². The van der Waals surface area contributed by atoms with Crippen molar-refractivity contribution < 1.29 is 28.8 Å². The van der Waals surface area contributed by atoms with E-state index in [0.29, 0.717) is 13.2 Å². The molecule has 7 nitrogen and oxygen atoms in total. The molecule has 0 saturated heterocycles. The molecule has 290 valence electrons. The molecule has 1 N–H and O–H groups in total. The van der Waals surface area contributed by atoms with Crippen LogP contribution in [0.25, 0.3) is 0 Å². The number of carbonyl (C=O) groups excluding carboxylic acids is 1. The standard InChI is InChI=1S/C42H81NO6/c1-4-7-10-13-16-17-23-30-39-48-42(45)49-40-31-24-27-34-43(35-36-44)33-26-20-18-19-25-32-41(46-37-28-21-14-11-8-5-2)47-38-29-22-15-12-9-6-3/h8-9,11-12,41,44H,4-7,10,13-40H2,1-3H3/b11-8-,12-9-. The molecule has 0 radical (unpaired) electrons. The molecule has 0 aliphatic rings. The molecule has 7 heteroatoms. The number of nitrogens with zero attached hydrogens (tertiary/aromatic N) is 1. The second kappa shape index (κ2) is 41.0. The summed E-state index contributed by atoms with van der Waals surface area (Å²) in [6, 6.07) is 0. The van der Waals surface area contributed by atoms with Crippen LogP contribution in [-0.4, -0.2) is 75.1 Å². The van der Waals surface area contributed by atoms with E-state index >= 15 is 0 Å². The average molecular weight is 696 g/mol. The summed E-state index contributed by atoms with van der Waals surface area (Å²) in [5, 5.41) is 9.53. The first-order chi connectivity index (χ1) is 24.2. The van der Waals surface area contributed by atoms with E-state index in [9.17, 15) is 9.90 Å². The van der Waals surface area contributed by atoms with Crippen LogP contribution in [0, 0.1) is 0 Å². The van der Waals surface area contributed by atoms with E-state index in [4.69, 9.17) is 18.9 Å². The monoisotopic (exact) mass is 696 g/mol. The smallest absolute Gasteiger partial charge is 0.434 e. The molecule has 0 rings (SSSR count). The molecule has 0 aliphatic heterocycles. The highest BCUT2D eigenvalue weighted by atomic mass is 16.7. The summed E-state index contributed by atoms with van der Waals surface area (Å²) in [7, 11) is 0. The number of carbonyl (C=O) groups is 1. The van der Waals surface area contributed by atoms with Gasteiger partial charge >= 0.3 is 6.16 Å². The maximum absolute atomic E-state index is 11.8. The van der Waals surface area contributed by atoms with Gasteiger partial charge in [0.2, 0.25) is 0 Å². The van der Waals surface area contributed by atoms with E-state index < -0.39 is 6.16 Å². The Kier molecular flexibility index (Phi) is 39.8. The van der Waals surface area contributed by atoms with Crippen molar-refractivity contribution in [3.8, 4) is 0 Å². The van der Waals surface area contributed by atoms with Crippen molar-refractivity contribution in [1.82, 2.24) is 4.90 Å². The number of hydrogen-bond acceptors (Lipinski definition) is 7. The number of allylic oxidation sites excluding steroid dienone is 4. The molecule has 0 amide bonds. The molecule has 0 saturated carbocycles. The minimum absolute atomic E-state index is 0.0758. The van der Waals surface area contributed by atoms with Gasteiger partial charge in [0.25, 0.3) is 0 Å². The highest BCUT2D eigenvalue weighted by Crippen LogP contribution is 2.14. The highest BCUT2D eigenvalue weighted by molar-refractivity contribution is 5.59. The predicted octanol–water partition coefficient (Wildman–Crippen LogP) is 11.7. The summed E-state index contributed by atoms with van der Waals surface area (Å²) in [5.74, 6) is 0. The molecule has 0 heterocycles. The van der Waals surface area contributed by atoms with Gasteiger partial charge in [-0.2, -0.15) is 0 Å². The summed E-state index contributed by atoms with van der Waals surface area (Å²) in [4.78, 5) is 14.2. The van der Waals surface area contributed by atoms with Gasteiger partial charge in [-0.1, -0.05) is 109 Å². The van der Waals surface area contributed by atoms with Crippen LogP contribution < -0.4 is 0 Å². The largest absolute Gasteiger partial charge is 0.508 e. The van der Waals surface area contributed by atoms with Crippen molar-refractivity contribution in [2.45, 2.75) is 188 Å². The number of aliphatic hydroxyl groups excluding tert-OH is 1. The molecule has 0 bridgehead atoms. The molecule has 0 aromatic rings. The normalized spacial score (nSPS) is 12.0. The highest BCUT2D eigenvalue weighted by Gasteiger charge is 2.10. The fraction of sp³-hybridized carbons (Fsp3) is 0.881. The van der Waals surface area contributed by atoms with Crippen LogP contribution in [0.3, 0.4) is 0 Å². The van der Waals surface area contributed by atoms with Crippen molar-refractivity contribution >= 4 is 6.16 Å². The SMILES string of the molecule is CC/C=C\CCCCOC(CCCCCCCN(CCO)CCCCCOC(=O)OCCCCCCCCCC)OCCCC/C=C\CC. The summed E-state index contributed by atoms with van der Waals surface area (Å²) >= 11 is 0. The Morgan fingerprint density at radius 1 is 0.531 bits per heavy atom. The third-order valence-corrected chi connectivity index (χ3v) is 8.83. The van der Waals surface area contributed by atoms with Crippen molar-refractivity contribution in [2.75, 3.05) is 52.7 Å². The first-order valence-corrected chi connectivity index (χ1v) is 20.8. The van der Waals surface area contributed by atoms with Gasteiger partial charge in [-0.3, -0.25) is 0 Å². The maximum Gasteiger partial charge on any atom is 0.508 e. The van der Waals surface area contributed by atoms with Crippen LogP contribution in [0.1, 0.15) is 181 Å². The lowest BCUT2D eigenvalue weighted by Gasteiger charge is -2.21. The first-order valence-electron chi connectivity index (χ1n) is 20.8. The Morgan fingerprint density at radius 2 is 0.980 bits per heavy atom. The van der Waals surface area contributed by atoms with Crippen LogP contribution in [0.5, 0.6) is 0 Å². The number of rotatable bonds is 39. The van der Waals surface area contributed by atoms with E-state index in [1.54, 1.807) is 0 Å². The lowest BCUT2D eigenvalue weighted by Crippen LogP contribution is -2.29. The molecule has 0 unspecified atom stereocenters. The van der Waals surface area contributed by atoms with Crippen LogP contribution in [0.4, 0.5) is 4.79 Å². The van der Waals surface area contributed by atoms with E-state index in [0.717, 1.165) is 123 Å². The topological polar surface area (TPSA) is 77.5 Å². The van der Waals surface area contributed by atoms with Crippen LogP contribution >= 0.6 is 0 Å². The molecule has 0 aromatic heterocycles. The Hall–Kier alpha value is -1.41. The van der Waals surface area contributed by atoms with Gasteiger partial charge in [-0.05, 0) is 109 Å². The Morgan fingerprint density at radius 3 is 1.49 bits per heavy atom. The number of aliphatic hydroxyl groups is 1. The Balaban J connectivity index is 3.97. The fourth-order valence-corrected chi connectivity index (χ4v) is 5.80. The molecular weight excluding hydrogens is 614 g/mol. The van der Waals surface area contributed by atoms with Gasteiger partial charge in [0.15, 0.2) is 6.29 Å².